The van der Waals surface area contributed by atoms with Gasteiger partial charge in [-0.15, -0.1) is 0 Å². The fourth-order valence-corrected chi connectivity index (χ4v) is 3.33. The number of hydrogen-bond acceptors (Lipinski definition) is 4. The number of nitrogens with zero attached hydrogens (tertiary/aromatic N) is 2. The molecule has 100 valence electrons. The third-order valence-electron chi connectivity index (χ3n) is 2.86. The average Bonchev–Trinajstić information content (AvgIpc) is 2.27. The standard InChI is InChI=1S/C11H16BrN3O2S/c1-18(16,17)14-10-3-2-4-15(8-10)11-5-9(12)6-13-7-11/h5-7,10,14H,2-4,8H2,1H3/t10-/m1/s1. The molecule has 7 heteroatoms. The first-order valence-electron chi connectivity index (χ1n) is 5.77. The van der Waals surface area contributed by atoms with Crippen LogP contribution in [-0.4, -0.2) is 38.8 Å². The van der Waals surface area contributed by atoms with Crippen LogP contribution in [0.15, 0.2) is 22.9 Å². The smallest absolute Gasteiger partial charge is 0.209 e. The lowest BCUT2D eigenvalue weighted by atomic mass is 10.1. The minimum Gasteiger partial charge on any atom is -0.369 e. The molecule has 2 rings (SSSR count). The van der Waals surface area contributed by atoms with E-state index in [0.29, 0.717) is 6.54 Å². The van der Waals surface area contributed by atoms with Crippen molar-refractivity contribution in [1.29, 1.82) is 0 Å². The summed E-state index contributed by atoms with van der Waals surface area (Å²) in [4.78, 5) is 6.29. The lowest BCUT2D eigenvalue weighted by molar-refractivity contribution is 0.467. The number of anilines is 1. The molecule has 0 amide bonds. The Labute approximate surface area is 116 Å². The quantitative estimate of drug-likeness (QED) is 0.907. The summed E-state index contributed by atoms with van der Waals surface area (Å²) < 4.78 is 26.1. The summed E-state index contributed by atoms with van der Waals surface area (Å²) in [5.74, 6) is 0. The summed E-state index contributed by atoms with van der Waals surface area (Å²) in [6, 6.07) is 1.98. The number of aromatic nitrogens is 1. The molecule has 0 aromatic carbocycles. The molecule has 1 aromatic heterocycles. The van der Waals surface area contributed by atoms with Gasteiger partial charge in [0, 0.05) is 29.8 Å². The summed E-state index contributed by atoms with van der Waals surface area (Å²) >= 11 is 3.39. The van der Waals surface area contributed by atoms with E-state index < -0.39 is 10.0 Å². The first-order valence-corrected chi connectivity index (χ1v) is 8.45. The zero-order valence-corrected chi connectivity index (χ0v) is 12.5. The van der Waals surface area contributed by atoms with E-state index in [1.165, 1.54) is 6.26 Å². The van der Waals surface area contributed by atoms with Crippen molar-refractivity contribution < 1.29 is 8.42 Å². The number of rotatable bonds is 3. The molecule has 1 fully saturated rings. The van der Waals surface area contributed by atoms with Gasteiger partial charge < -0.3 is 4.90 Å². The molecule has 0 bridgehead atoms. The second-order valence-electron chi connectivity index (χ2n) is 4.54. The molecule has 0 spiro atoms. The number of pyridine rings is 1. The van der Waals surface area contributed by atoms with Crippen LogP contribution >= 0.6 is 15.9 Å². The zero-order valence-electron chi connectivity index (χ0n) is 10.1. The highest BCUT2D eigenvalue weighted by molar-refractivity contribution is 9.10. The van der Waals surface area contributed by atoms with Gasteiger partial charge in [-0.05, 0) is 34.8 Å². The number of hydrogen-bond donors (Lipinski definition) is 1. The zero-order chi connectivity index (χ0) is 13.2. The normalized spacial score (nSPS) is 21.0. The van der Waals surface area contributed by atoms with E-state index >= 15 is 0 Å². The Morgan fingerprint density at radius 2 is 2.28 bits per heavy atom. The molecule has 2 heterocycles. The molecule has 5 nitrogen and oxygen atoms in total. The van der Waals surface area contributed by atoms with Crippen LogP contribution in [0.5, 0.6) is 0 Å². The summed E-state index contributed by atoms with van der Waals surface area (Å²) in [5, 5.41) is 0. The van der Waals surface area contributed by atoms with E-state index in [1.54, 1.807) is 12.4 Å². The van der Waals surface area contributed by atoms with Crippen molar-refractivity contribution in [2.75, 3.05) is 24.2 Å². The molecule has 1 aliphatic heterocycles. The van der Waals surface area contributed by atoms with Gasteiger partial charge in [-0.25, -0.2) is 13.1 Å². The van der Waals surface area contributed by atoms with Gasteiger partial charge in [0.15, 0.2) is 0 Å². The Morgan fingerprint density at radius 1 is 1.50 bits per heavy atom. The van der Waals surface area contributed by atoms with Gasteiger partial charge in [-0.2, -0.15) is 0 Å². The molecule has 0 aliphatic carbocycles. The van der Waals surface area contributed by atoms with Crippen molar-refractivity contribution in [3.8, 4) is 0 Å². The molecule has 1 aromatic rings. The maximum absolute atomic E-state index is 11.2. The lowest BCUT2D eigenvalue weighted by Gasteiger charge is -2.34. The van der Waals surface area contributed by atoms with E-state index in [4.69, 9.17) is 0 Å². The van der Waals surface area contributed by atoms with E-state index in [1.807, 2.05) is 6.07 Å². The van der Waals surface area contributed by atoms with Gasteiger partial charge in [-0.3, -0.25) is 4.98 Å². The summed E-state index contributed by atoms with van der Waals surface area (Å²) in [6.45, 7) is 1.62. The van der Waals surface area contributed by atoms with Crippen molar-refractivity contribution >= 4 is 31.6 Å². The summed E-state index contributed by atoms with van der Waals surface area (Å²) in [5.41, 5.74) is 1.02. The fraction of sp³-hybridized carbons (Fsp3) is 0.545. The Morgan fingerprint density at radius 3 is 2.94 bits per heavy atom. The molecule has 1 aliphatic rings. The first-order chi connectivity index (χ1) is 8.44. The fourth-order valence-electron chi connectivity index (χ4n) is 2.18. The van der Waals surface area contributed by atoms with Crippen molar-refractivity contribution in [1.82, 2.24) is 9.71 Å². The maximum atomic E-state index is 11.2. The molecule has 0 unspecified atom stereocenters. The second-order valence-corrected chi connectivity index (χ2v) is 7.23. The SMILES string of the molecule is CS(=O)(=O)N[C@@H]1CCCN(c2cncc(Br)c2)C1. The van der Waals surface area contributed by atoms with Gasteiger partial charge in [0.1, 0.15) is 0 Å². The number of halogens is 1. The molecule has 18 heavy (non-hydrogen) atoms. The highest BCUT2D eigenvalue weighted by Gasteiger charge is 2.22. The topological polar surface area (TPSA) is 62.3 Å². The molecular weight excluding hydrogens is 318 g/mol. The highest BCUT2D eigenvalue weighted by Crippen LogP contribution is 2.22. The van der Waals surface area contributed by atoms with Gasteiger partial charge in [0.2, 0.25) is 10.0 Å². The molecule has 0 radical (unpaired) electrons. The van der Waals surface area contributed by atoms with Crippen LogP contribution < -0.4 is 9.62 Å². The monoisotopic (exact) mass is 333 g/mol. The van der Waals surface area contributed by atoms with Crippen LogP contribution in [0.25, 0.3) is 0 Å². The van der Waals surface area contributed by atoms with Crippen LogP contribution in [0.1, 0.15) is 12.8 Å². The Bertz CT molecular complexity index is 521. The lowest BCUT2D eigenvalue weighted by Crippen LogP contribution is -2.47. The highest BCUT2D eigenvalue weighted by atomic mass is 79.9. The van der Waals surface area contributed by atoms with Crippen molar-refractivity contribution in [2.24, 2.45) is 0 Å². The molecule has 1 N–H and O–H groups in total. The van der Waals surface area contributed by atoms with E-state index in [9.17, 15) is 8.42 Å². The molecular formula is C11H16BrN3O2S. The Balaban J connectivity index is 2.07. The third kappa shape index (κ3) is 3.93. The Kier molecular flexibility index (Phi) is 4.24. The average molecular weight is 334 g/mol. The number of nitrogens with one attached hydrogen (secondary N) is 1. The third-order valence-corrected chi connectivity index (χ3v) is 4.05. The minimum atomic E-state index is -3.14. The van der Waals surface area contributed by atoms with E-state index in [0.717, 1.165) is 29.5 Å². The first kappa shape index (κ1) is 13.8. The van der Waals surface area contributed by atoms with Gasteiger partial charge >= 0.3 is 0 Å². The summed E-state index contributed by atoms with van der Waals surface area (Å²) in [6.07, 6.45) is 6.59. The van der Waals surface area contributed by atoms with E-state index in [2.05, 4.69) is 30.5 Å². The van der Waals surface area contributed by atoms with Crippen LogP contribution in [0, 0.1) is 0 Å². The van der Waals surface area contributed by atoms with E-state index in [-0.39, 0.29) is 6.04 Å². The van der Waals surface area contributed by atoms with Crippen LogP contribution in [0.2, 0.25) is 0 Å². The summed E-state index contributed by atoms with van der Waals surface area (Å²) in [7, 11) is -3.14. The van der Waals surface area contributed by atoms with Gasteiger partial charge in [0.05, 0.1) is 18.1 Å². The van der Waals surface area contributed by atoms with Crippen molar-refractivity contribution in [2.45, 2.75) is 18.9 Å². The van der Waals surface area contributed by atoms with Crippen molar-refractivity contribution in [3.05, 3.63) is 22.9 Å². The predicted molar refractivity (Wildman–Crippen MR) is 75.2 cm³/mol. The minimum absolute atomic E-state index is 0.0206. The van der Waals surface area contributed by atoms with Gasteiger partial charge in [-0.1, -0.05) is 0 Å². The van der Waals surface area contributed by atoms with Crippen molar-refractivity contribution in [3.63, 3.8) is 0 Å². The number of piperidine rings is 1. The largest absolute Gasteiger partial charge is 0.369 e. The van der Waals surface area contributed by atoms with Gasteiger partial charge in [0.25, 0.3) is 0 Å². The molecule has 1 saturated heterocycles. The van der Waals surface area contributed by atoms with Crippen LogP contribution in [0.4, 0.5) is 5.69 Å². The maximum Gasteiger partial charge on any atom is 0.209 e. The van der Waals surface area contributed by atoms with Crippen LogP contribution in [-0.2, 0) is 10.0 Å². The van der Waals surface area contributed by atoms with Crippen LogP contribution in [0.3, 0.4) is 0 Å². The molecule has 1 atom stereocenters. The number of sulfonamides is 1. The Hall–Kier alpha value is -0.660. The molecule has 0 saturated carbocycles. The second kappa shape index (κ2) is 5.54. The predicted octanol–water partition coefficient (Wildman–Crippen LogP) is 1.36.